The standard InChI is InChI=1S/C24H8Br2N2O2S2/c25-19-7-15-17(31-19)5-13-9-1-2-10-14-6-18-16(8-20(26)32-18)28(14)24(30)12-4-3-11(21(9)22(10)12)23(29)27(13)15/h1-8H. The molecule has 0 unspecified atom stereocenters. The normalized spacial score (nSPS) is 12.9. The molecule has 0 N–H and O–H groups in total. The van der Waals surface area contributed by atoms with Gasteiger partial charge in [0.1, 0.15) is 0 Å². The first-order valence-corrected chi connectivity index (χ1v) is 13.0. The van der Waals surface area contributed by atoms with Crippen LogP contribution in [0.25, 0.3) is 63.8 Å². The van der Waals surface area contributed by atoms with Crippen molar-refractivity contribution < 1.29 is 0 Å². The molecule has 0 radical (unpaired) electrons. The van der Waals surface area contributed by atoms with Crippen LogP contribution in [0.4, 0.5) is 0 Å². The summed E-state index contributed by atoms with van der Waals surface area (Å²) in [5.41, 5.74) is 3.51. The fraction of sp³-hybridized carbons (Fsp3) is 0. The van der Waals surface area contributed by atoms with Crippen LogP contribution in [-0.2, 0) is 0 Å². The number of rotatable bonds is 0. The zero-order chi connectivity index (χ0) is 21.5. The molecule has 6 heterocycles. The number of hydrogen-bond donors (Lipinski definition) is 0. The lowest BCUT2D eigenvalue weighted by Crippen LogP contribution is -2.16. The van der Waals surface area contributed by atoms with Gasteiger partial charge in [0, 0.05) is 32.3 Å². The average molecular weight is 580 g/mol. The van der Waals surface area contributed by atoms with Crippen LogP contribution in [0.2, 0.25) is 0 Å². The summed E-state index contributed by atoms with van der Waals surface area (Å²) < 4.78 is 7.73. The maximum atomic E-state index is 13.6. The molecule has 0 amide bonds. The van der Waals surface area contributed by atoms with Gasteiger partial charge < -0.3 is 0 Å². The number of nitrogens with zero attached hydrogens (tertiary/aromatic N) is 2. The third-order valence-corrected chi connectivity index (χ3v) is 9.65. The molecule has 0 aliphatic rings. The number of thiophene rings is 2. The Morgan fingerprint density at radius 1 is 0.562 bits per heavy atom. The summed E-state index contributed by atoms with van der Waals surface area (Å²) in [4.78, 5) is 27.3. The molecular formula is C24H8Br2N2O2S2. The van der Waals surface area contributed by atoms with Crippen LogP contribution in [0.15, 0.2) is 65.7 Å². The Bertz CT molecular complexity index is 2060. The van der Waals surface area contributed by atoms with Gasteiger partial charge in [-0.2, -0.15) is 0 Å². The van der Waals surface area contributed by atoms with Crippen molar-refractivity contribution >= 4 is 118 Å². The highest BCUT2D eigenvalue weighted by molar-refractivity contribution is 9.11. The molecule has 4 nitrogen and oxygen atoms in total. The van der Waals surface area contributed by atoms with Gasteiger partial charge in [0.05, 0.1) is 39.0 Å². The van der Waals surface area contributed by atoms with Crippen LogP contribution in [0.3, 0.4) is 0 Å². The summed E-state index contributed by atoms with van der Waals surface area (Å²) in [6.45, 7) is 0. The lowest BCUT2D eigenvalue weighted by molar-refractivity contribution is 1.20. The highest BCUT2D eigenvalue weighted by atomic mass is 79.9. The molecule has 8 heteroatoms. The fourth-order valence-electron chi connectivity index (χ4n) is 5.28. The lowest BCUT2D eigenvalue weighted by Gasteiger charge is -2.13. The predicted molar refractivity (Wildman–Crippen MR) is 142 cm³/mol. The average Bonchev–Trinajstić information content (AvgIpc) is 3.48. The minimum Gasteiger partial charge on any atom is -0.275 e. The van der Waals surface area contributed by atoms with Gasteiger partial charge in [-0.15, -0.1) is 22.7 Å². The van der Waals surface area contributed by atoms with E-state index in [1.165, 1.54) is 0 Å². The maximum Gasteiger partial charge on any atom is 0.263 e. The highest BCUT2D eigenvalue weighted by Crippen LogP contribution is 2.41. The molecule has 2 aromatic carbocycles. The van der Waals surface area contributed by atoms with E-state index in [0.717, 1.165) is 60.6 Å². The quantitative estimate of drug-likeness (QED) is 0.178. The van der Waals surface area contributed by atoms with Crippen molar-refractivity contribution in [3.63, 3.8) is 0 Å². The van der Waals surface area contributed by atoms with Crippen molar-refractivity contribution in [2.24, 2.45) is 0 Å². The van der Waals surface area contributed by atoms with E-state index >= 15 is 0 Å². The molecule has 0 saturated heterocycles. The molecule has 6 aromatic heterocycles. The SMILES string of the molecule is O=c1c2ccc3c(=O)n4c5cc(Br)sc5cc4c4ccc(c2c34)c2cc3sc(Br)cc3n12. The van der Waals surface area contributed by atoms with Gasteiger partial charge in [-0.1, -0.05) is 12.1 Å². The molecule has 8 aromatic rings. The first kappa shape index (κ1) is 18.0. The van der Waals surface area contributed by atoms with Gasteiger partial charge in [0.25, 0.3) is 11.1 Å². The van der Waals surface area contributed by atoms with Gasteiger partial charge in [-0.05, 0) is 68.3 Å². The second-order valence-corrected chi connectivity index (χ2v) is 12.9. The van der Waals surface area contributed by atoms with Gasteiger partial charge in [-0.25, -0.2) is 0 Å². The van der Waals surface area contributed by atoms with Gasteiger partial charge in [-0.3, -0.25) is 18.4 Å². The van der Waals surface area contributed by atoms with Crippen LogP contribution < -0.4 is 11.1 Å². The Kier molecular flexibility index (Phi) is 3.19. The molecule has 0 saturated carbocycles. The van der Waals surface area contributed by atoms with Gasteiger partial charge >= 0.3 is 0 Å². The molecule has 152 valence electrons. The van der Waals surface area contributed by atoms with Crippen LogP contribution >= 0.6 is 54.5 Å². The largest absolute Gasteiger partial charge is 0.275 e. The molecular weight excluding hydrogens is 572 g/mol. The number of halogens is 2. The number of benzene rings is 2. The summed E-state index contributed by atoms with van der Waals surface area (Å²) in [5.74, 6) is 0. The zero-order valence-electron chi connectivity index (χ0n) is 15.9. The molecule has 8 rings (SSSR count). The monoisotopic (exact) mass is 578 g/mol. The third-order valence-electron chi connectivity index (χ3n) is 6.50. The van der Waals surface area contributed by atoms with Gasteiger partial charge in [0.2, 0.25) is 0 Å². The Hall–Kier alpha value is -2.52. The maximum absolute atomic E-state index is 13.6. The van der Waals surface area contributed by atoms with E-state index < -0.39 is 0 Å². The molecule has 0 aliphatic carbocycles. The number of hydrogen-bond acceptors (Lipinski definition) is 4. The van der Waals surface area contributed by atoms with E-state index in [0.29, 0.717) is 10.8 Å². The predicted octanol–water partition coefficient (Wildman–Crippen LogP) is 7.20. The lowest BCUT2D eigenvalue weighted by atomic mass is 9.95. The summed E-state index contributed by atoms with van der Waals surface area (Å²) in [5, 5.41) is 5.05. The first-order valence-electron chi connectivity index (χ1n) is 9.83. The summed E-state index contributed by atoms with van der Waals surface area (Å²) >= 11 is 10.3. The number of aromatic nitrogens is 2. The molecule has 32 heavy (non-hydrogen) atoms. The molecule has 0 fully saturated rings. The topological polar surface area (TPSA) is 43.0 Å². The first-order chi connectivity index (χ1) is 15.5. The summed E-state index contributed by atoms with van der Waals surface area (Å²) in [7, 11) is 0. The van der Waals surface area contributed by atoms with Crippen LogP contribution in [0, 0.1) is 0 Å². The van der Waals surface area contributed by atoms with E-state index in [2.05, 4.69) is 56.1 Å². The summed E-state index contributed by atoms with van der Waals surface area (Å²) in [6.07, 6.45) is 0. The van der Waals surface area contributed by atoms with Crippen LogP contribution in [0.5, 0.6) is 0 Å². The smallest absolute Gasteiger partial charge is 0.263 e. The van der Waals surface area contributed by atoms with E-state index in [4.69, 9.17) is 0 Å². The van der Waals surface area contributed by atoms with E-state index in [1.54, 1.807) is 31.5 Å². The Balaban J connectivity index is 1.71. The van der Waals surface area contributed by atoms with Crippen molar-refractivity contribution in [1.29, 1.82) is 0 Å². The number of pyridine rings is 2. The third kappa shape index (κ3) is 1.95. The second-order valence-electron chi connectivity index (χ2n) is 8.01. The Morgan fingerprint density at radius 2 is 0.969 bits per heavy atom. The van der Waals surface area contributed by atoms with Crippen molar-refractivity contribution in [1.82, 2.24) is 8.80 Å². The Morgan fingerprint density at radius 3 is 1.41 bits per heavy atom. The zero-order valence-corrected chi connectivity index (χ0v) is 20.7. The second kappa shape index (κ2) is 5.69. The van der Waals surface area contributed by atoms with Crippen molar-refractivity contribution in [3.05, 3.63) is 76.8 Å². The number of fused-ring (bicyclic) bond motifs is 8. The van der Waals surface area contributed by atoms with Crippen molar-refractivity contribution in [2.75, 3.05) is 0 Å². The molecule has 0 spiro atoms. The minimum absolute atomic E-state index is 0.0465. The molecule has 0 bridgehead atoms. The molecule has 0 aliphatic heterocycles. The van der Waals surface area contributed by atoms with E-state index in [1.807, 2.05) is 24.3 Å². The summed E-state index contributed by atoms with van der Waals surface area (Å²) in [6, 6.07) is 16.0. The minimum atomic E-state index is -0.0465. The molecule has 0 atom stereocenters. The highest BCUT2D eigenvalue weighted by Gasteiger charge is 2.22. The van der Waals surface area contributed by atoms with Crippen molar-refractivity contribution in [3.8, 4) is 0 Å². The Labute approximate surface area is 202 Å². The van der Waals surface area contributed by atoms with Crippen LogP contribution in [0.1, 0.15) is 0 Å². The van der Waals surface area contributed by atoms with E-state index in [9.17, 15) is 9.59 Å². The van der Waals surface area contributed by atoms with Crippen molar-refractivity contribution in [2.45, 2.75) is 0 Å². The van der Waals surface area contributed by atoms with Crippen LogP contribution in [-0.4, -0.2) is 8.80 Å². The fourth-order valence-corrected chi connectivity index (χ4v) is 8.37. The van der Waals surface area contributed by atoms with Gasteiger partial charge in [0.15, 0.2) is 0 Å². The van der Waals surface area contributed by atoms with E-state index in [-0.39, 0.29) is 11.1 Å².